The zero-order valence-corrected chi connectivity index (χ0v) is 16.9. The third-order valence-electron chi connectivity index (χ3n) is 4.11. The second-order valence-corrected chi connectivity index (χ2v) is 7.89. The van der Waals surface area contributed by atoms with Crippen molar-refractivity contribution in [3.63, 3.8) is 0 Å². The number of carbonyl (C=O) groups is 3. The molecule has 1 aliphatic rings. The van der Waals surface area contributed by atoms with Crippen molar-refractivity contribution in [1.82, 2.24) is 4.90 Å². The van der Waals surface area contributed by atoms with Gasteiger partial charge >= 0.3 is 5.97 Å². The van der Waals surface area contributed by atoms with Crippen LogP contribution >= 0.6 is 24.0 Å². The van der Waals surface area contributed by atoms with E-state index in [4.69, 9.17) is 12.2 Å². The van der Waals surface area contributed by atoms with Gasteiger partial charge in [-0.05, 0) is 42.0 Å². The summed E-state index contributed by atoms with van der Waals surface area (Å²) in [4.78, 5) is 37.7. The van der Waals surface area contributed by atoms with E-state index >= 15 is 0 Å². The SMILES string of the molecule is O=C(CCN1C(=O)C(=Cc2ccc(F)cc2)SC1=S)Nc1ccc(O)cc1C(=O)O. The van der Waals surface area contributed by atoms with E-state index in [-0.39, 0.29) is 46.0 Å². The van der Waals surface area contributed by atoms with Gasteiger partial charge in [0.2, 0.25) is 5.91 Å². The molecule has 0 radical (unpaired) electrons. The van der Waals surface area contributed by atoms with Gasteiger partial charge < -0.3 is 15.5 Å². The molecule has 2 aromatic rings. The predicted octanol–water partition coefficient (Wildman–Crippen LogP) is 3.46. The van der Waals surface area contributed by atoms with Crippen molar-refractivity contribution >= 4 is 57.8 Å². The number of carbonyl (C=O) groups excluding carboxylic acids is 2. The Bertz CT molecular complexity index is 1070. The van der Waals surface area contributed by atoms with Gasteiger partial charge in [-0.2, -0.15) is 0 Å². The molecule has 1 heterocycles. The lowest BCUT2D eigenvalue weighted by atomic mass is 10.1. The third kappa shape index (κ3) is 5.02. The normalized spacial score (nSPS) is 15.0. The monoisotopic (exact) mass is 446 g/mol. The fourth-order valence-electron chi connectivity index (χ4n) is 2.65. The predicted molar refractivity (Wildman–Crippen MR) is 115 cm³/mol. The van der Waals surface area contributed by atoms with Gasteiger partial charge in [-0.1, -0.05) is 36.1 Å². The van der Waals surface area contributed by atoms with E-state index < -0.39 is 11.9 Å². The number of nitrogens with zero attached hydrogens (tertiary/aromatic N) is 1. The van der Waals surface area contributed by atoms with Gasteiger partial charge in [0.15, 0.2) is 0 Å². The topological polar surface area (TPSA) is 107 Å². The first-order chi connectivity index (χ1) is 14.2. The standard InChI is InChI=1S/C20H15FN2O5S2/c21-12-3-1-11(2-4-12)9-16-18(26)23(20(29)30-16)8-7-17(25)22-15-6-5-13(24)10-14(15)19(27)28/h1-6,9-10,24H,7-8H2,(H,22,25)(H,27,28). The molecule has 1 aliphatic heterocycles. The van der Waals surface area contributed by atoms with Crippen molar-refractivity contribution in [3.05, 3.63) is 64.3 Å². The lowest BCUT2D eigenvalue weighted by molar-refractivity contribution is -0.122. The van der Waals surface area contributed by atoms with Crippen molar-refractivity contribution in [1.29, 1.82) is 0 Å². The molecule has 1 fully saturated rings. The average Bonchev–Trinajstić information content (AvgIpc) is 2.96. The summed E-state index contributed by atoms with van der Waals surface area (Å²) in [5.41, 5.74) is 0.422. The molecule has 0 spiro atoms. The molecule has 0 atom stereocenters. The Kier molecular flexibility index (Phi) is 6.48. The number of hydrogen-bond donors (Lipinski definition) is 3. The molecule has 3 N–H and O–H groups in total. The molecule has 0 aromatic heterocycles. The fraction of sp³-hybridized carbons (Fsp3) is 0.100. The number of rotatable bonds is 6. The first kappa shape index (κ1) is 21.5. The number of phenols is 1. The maximum absolute atomic E-state index is 13.0. The van der Waals surface area contributed by atoms with E-state index in [2.05, 4.69) is 5.32 Å². The number of phenolic OH excluding ortho intramolecular Hbond substituents is 1. The number of aromatic carboxylic acids is 1. The molecule has 154 valence electrons. The molecule has 3 rings (SSSR count). The van der Waals surface area contributed by atoms with Gasteiger partial charge in [-0.25, -0.2) is 9.18 Å². The molecule has 0 bridgehead atoms. The Morgan fingerprint density at radius 2 is 1.90 bits per heavy atom. The minimum atomic E-state index is -1.30. The molecule has 0 aliphatic carbocycles. The van der Waals surface area contributed by atoms with Crippen LogP contribution in [0.1, 0.15) is 22.3 Å². The van der Waals surface area contributed by atoms with Crippen LogP contribution in [0, 0.1) is 5.82 Å². The number of nitrogens with one attached hydrogen (secondary N) is 1. The molecule has 2 aromatic carbocycles. The highest BCUT2D eigenvalue weighted by atomic mass is 32.2. The van der Waals surface area contributed by atoms with Crippen LogP contribution in [0.25, 0.3) is 6.08 Å². The van der Waals surface area contributed by atoms with Gasteiger partial charge in [-0.3, -0.25) is 14.5 Å². The number of aromatic hydroxyl groups is 1. The van der Waals surface area contributed by atoms with Crippen molar-refractivity contribution in [2.45, 2.75) is 6.42 Å². The Morgan fingerprint density at radius 1 is 1.20 bits per heavy atom. The largest absolute Gasteiger partial charge is 0.508 e. The zero-order valence-electron chi connectivity index (χ0n) is 15.3. The van der Waals surface area contributed by atoms with Gasteiger partial charge in [0.25, 0.3) is 5.91 Å². The molecular formula is C20H15FN2O5S2. The summed E-state index contributed by atoms with van der Waals surface area (Å²) >= 11 is 6.30. The number of carboxylic acid groups (broad SMARTS) is 1. The summed E-state index contributed by atoms with van der Waals surface area (Å²) in [7, 11) is 0. The second kappa shape index (κ2) is 9.06. The maximum atomic E-state index is 13.0. The Morgan fingerprint density at radius 3 is 2.57 bits per heavy atom. The Labute approximate surface area is 180 Å². The summed E-state index contributed by atoms with van der Waals surface area (Å²) in [6.45, 7) is 0.0117. The summed E-state index contributed by atoms with van der Waals surface area (Å²) in [6, 6.07) is 9.20. The number of benzene rings is 2. The average molecular weight is 446 g/mol. The van der Waals surface area contributed by atoms with Crippen LogP contribution in [-0.4, -0.2) is 43.8 Å². The number of amides is 2. The number of thioether (sulfide) groups is 1. The van der Waals surface area contributed by atoms with E-state index in [1.54, 1.807) is 6.08 Å². The number of halogens is 1. The quantitative estimate of drug-likeness (QED) is 0.354. The lowest BCUT2D eigenvalue weighted by Gasteiger charge is -2.14. The number of hydrogen-bond acceptors (Lipinski definition) is 6. The summed E-state index contributed by atoms with van der Waals surface area (Å²) in [5.74, 6) is -2.80. The molecule has 30 heavy (non-hydrogen) atoms. The van der Waals surface area contributed by atoms with Crippen molar-refractivity contribution in [2.75, 3.05) is 11.9 Å². The molecular weight excluding hydrogens is 431 g/mol. The smallest absolute Gasteiger partial charge is 0.337 e. The van der Waals surface area contributed by atoms with E-state index in [0.29, 0.717) is 10.5 Å². The van der Waals surface area contributed by atoms with E-state index in [1.165, 1.54) is 41.3 Å². The third-order valence-corrected chi connectivity index (χ3v) is 5.49. The van der Waals surface area contributed by atoms with Gasteiger partial charge in [-0.15, -0.1) is 0 Å². The van der Waals surface area contributed by atoms with Gasteiger partial charge in [0, 0.05) is 13.0 Å². The molecule has 10 heteroatoms. The Balaban J connectivity index is 1.64. The van der Waals surface area contributed by atoms with Crippen molar-refractivity contribution in [2.24, 2.45) is 0 Å². The van der Waals surface area contributed by atoms with E-state index in [9.17, 15) is 29.0 Å². The molecule has 1 saturated heterocycles. The minimum Gasteiger partial charge on any atom is -0.508 e. The molecule has 0 unspecified atom stereocenters. The highest BCUT2D eigenvalue weighted by molar-refractivity contribution is 8.26. The molecule has 2 amide bonds. The van der Waals surface area contributed by atoms with Gasteiger partial charge in [0.05, 0.1) is 16.2 Å². The summed E-state index contributed by atoms with van der Waals surface area (Å²) < 4.78 is 13.3. The molecule has 7 nitrogen and oxygen atoms in total. The van der Waals surface area contributed by atoms with Crippen molar-refractivity contribution < 1.29 is 29.0 Å². The Hall–Kier alpha value is -3.24. The van der Waals surface area contributed by atoms with Crippen molar-refractivity contribution in [3.8, 4) is 5.75 Å². The van der Waals surface area contributed by atoms with Gasteiger partial charge in [0.1, 0.15) is 15.9 Å². The highest BCUT2D eigenvalue weighted by Crippen LogP contribution is 2.32. The van der Waals surface area contributed by atoms with Crippen LogP contribution in [0.2, 0.25) is 0 Å². The summed E-state index contributed by atoms with van der Waals surface area (Å²) in [5, 5.41) is 21.0. The van der Waals surface area contributed by atoms with Crippen LogP contribution in [0.15, 0.2) is 47.4 Å². The number of anilines is 1. The van der Waals surface area contributed by atoms with Crippen LogP contribution < -0.4 is 5.32 Å². The second-order valence-electron chi connectivity index (χ2n) is 6.22. The lowest BCUT2D eigenvalue weighted by Crippen LogP contribution is -2.31. The number of thiocarbonyl (C=S) groups is 1. The van der Waals surface area contributed by atoms with Crippen LogP contribution in [0.3, 0.4) is 0 Å². The van der Waals surface area contributed by atoms with Crippen LogP contribution in [0.4, 0.5) is 10.1 Å². The van der Waals surface area contributed by atoms with Crippen LogP contribution in [-0.2, 0) is 9.59 Å². The fourth-order valence-corrected chi connectivity index (χ4v) is 3.96. The highest BCUT2D eigenvalue weighted by Gasteiger charge is 2.32. The zero-order chi connectivity index (χ0) is 21.8. The molecule has 0 saturated carbocycles. The van der Waals surface area contributed by atoms with E-state index in [0.717, 1.165) is 17.8 Å². The minimum absolute atomic E-state index is 0.0117. The number of carboxylic acids is 1. The summed E-state index contributed by atoms with van der Waals surface area (Å²) in [6.07, 6.45) is 1.48. The van der Waals surface area contributed by atoms with Crippen LogP contribution in [0.5, 0.6) is 5.75 Å². The van der Waals surface area contributed by atoms with E-state index in [1.807, 2.05) is 0 Å². The maximum Gasteiger partial charge on any atom is 0.337 e. The first-order valence-corrected chi connectivity index (χ1v) is 9.84. The first-order valence-electron chi connectivity index (χ1n) is 8.61.